The van der Waals surface area contributed by atoms with Crippen molar-refractivity contribution in [1.29, 1.82) is 0 Å². The molecule has 0 aromatic heterocycles. The summed E-state index contributed by atoms with van der Waals surface area (Å²) in [5.41, 5.74) is 0.570. The zero-order valence-corrected chi connectivity index (χ0v) is 9.11. The fourth-order valence-corrected chi connectivity index (χ4v) is 2.15. The van der Waals surface area contributed by atoms with Crippen molar-refractivity contribution in [2.24, 2.45) is 5.92 Å². The highest BCUT2D eigenvalue weighted by Crippen LogP contribution is 2.43. The molecule has 1 aliphatic carbocycles. The van der Waals surface area contributed by atoms with E-state index in [1.54, 1.807) is 12.1 Å². The van der Waals surface area contributed by atoms with Crippen LogP contribution in [0.2, 0.25) is 0 Å². The van der Waals surface area contributed by atoms with Crippen molar-refractivity contribution in [3.05, 3.63) is 29.8 Å². The molecule has 2 nitrogen and oxygen atoms in total. The van der Waals surface area contributed by atoms with Crippen molar-refractivity contribution in [3.63, 3.8) is 0 Å². The average Bonchev–Trinajstić information content (AvgIpc) is 3.05. The Labute approximate surface area is 90.6 Å². The van der Waals surface area contributed by atoms with E-state index in [4.69, 9.17) is 0 Å². The molecule has 82 valence electrons. The van der Waals surface area contributed by atoms with Gasteiger partial charge in [-0.15, -0.1) is 0 Å². The second kappa shape index (κ2) is 3.86. The van der Waals surface area contributed by atoms with Crippen molar-refractivity contribution in [2.45, 2.75) is 38.2 Å². The number of hydrogen-bond acceptors (Lipinski definition) is 2. The van der Waals surface area contributed by atoms with Gasteiger partial charge in [0, 0.05) is 6.42 Å². The summed E-state index contributed by atoms with van der Waals surface area (Å²) in [6.45, 7) is 2.04. The van der Waals surface area contributed by atoms with E-state index < -0.39 is 5.60 Å². The number of rotatable bonds is 4. The lowest BCUT2D eigenvalue weighted by atomic mass is 9.87. The number of aromatic hydroxyl groups is 1. The van der Waals surface area contributed by atoms with Gasteiger partial charge in [-0.1, -0.05) is 19.1 Å². The summed E-state index contributed by atoms with van der Waals surface area (Å²) < 4.78 is 0. The fraction of sp³-hybridized carbons (Fsp3) is 0.538. The number of aliphatic hydroxyl groups is 1. The van der Waals surface area contributed by atoms with Crippen LogP contribution in [0.1, 0.15) is 31.7 Å². The average molecular weight is 206 g/mol. The van der Waals surface area contributed by atoms with Crippen LogP contribution in [0.15, 0.2) is 24.3 Å². The molecule has 2 rings (SSSR count). The largest absolute Gasteiger partial charge is 0.508 e. The first-order valence-corrected chi connectivity index (χ1v) is 5.64. The smallest absolute Gasteiger partial charge is 0.115 e. The monoisotopic (exact) mass is 206 g/mol. The molecule has 1 atom stereocenters. The molecule has 1 aliphatic rings. The van der Waals surface area contributed by atoms with Gasteiger partial charge in [-0.2, -0.15) is 0 Å². The minimum Gasteiger partial charge on any atom is -0.508 e. The van der Waals surface area contributed by atoms with Crippen molar-refractivity contribution >= 4 is 0 Å². The van der Waals surface area contributed by atoms with Crippen LogP contribution in [0.3, 0.4) is 0 Å². The van der Waals surface area contributed by atoms with Gasteiger partial charge in [0.1, 0.15) is 5.75 Å². The van der Waals surface area contributed by atoms with E-state index in [2.05, 4.69) is 0 Å². The maximum absolute atomic E-state index is 10.4. The molecule has 2 heteroatoms. The van der Waals surface area contributed by atoms with Gasteiger partial charge in [0.15, 0.2) is 0 Å². The van der Waals surface area contributed by atoms with Crippen molar-refractivity contribution < 1.29 is 10.2 Å². The maximum Gasteiger partial charge on any atom is 0.115 e. The standard InChI is InChI=1S/C13H18O2/c1-2-13(15,11-5-6-11)9-10-3-7-12(14)8-4-10/h3-4,7-8,11,14-15H,2,5-6,9H2,1H3. The molecule has 2 N–H and O–H groups in total. The molecular weight excluding hydrogens is 188 g/mol. The van der Waals surface area contributed by atoms with Crippen LogP contribution in [0.4, 0.5) is 0 Å². The van der Waals surface area contributed by atoms with Gasteiger partial charge in [-0.25, -0.2) is 0 Å². The highest BCUT2D eigenvalue weighted by molar-refractivity contribution is 5.27. The lowest BCUT2D eigenvalue weighted by Crippen LogP contribution is -2.33. The van der Waals surface area contributed by atoms with Crippen LogP contribution in [0, 0.1) is 5.92 Å². The van der Waals surface area contributed by atoms with Crippen LogP contribution >= 0.6 is 0 Å². The normalized spacial score (nSPS) is 19.9. The third kappa shape index (κ3) is 2.32. The van der Waals surface area contributed by atoms with E-state index in [0.717, 1.165) is 24.8 Å². The van der Waals surface area contributed by atoms with Crippen LogP contribution in [-0.2, 0) is 6.42 Å². The molecular formula is C13H18O2. The first-order valence-electron chi connectivity index (χ1n) is 5.64. The zero-order chi connectivity index (χ0) is 10.9. The summed E-state index contributed by atoms with van der Waals surface area (Å²) in [4.78, 5) is 0. The summed E-state index contributed by atoms with van der Waals surface area (Å²) >= 11 is 0. The topological polar surface area (TPSA) is 40.5 Å². The summed E-state index contributed by atoms with van der Waals surface area (Å²) in [6, 6.07) is 7.13. The molecule has 0 bridgehead atoms. The van der Waals surface area contributed by atoms with Gasteiger partial charge in [0.05, 0.1) is 5.60 Å². The lowest BCUT2D eigenvalue weighted by molar-refractivity contribution is 0.0139. The second-order valence-corrected chi connectivity index (χ2v) is 4.57. The van der Waals surface area contributed by atoms with E-state index in [9.17, 15) is 10.2 Å². The summed E-state index contributed by atoms with van der Waals surface area (Å²) in [7, 11) is 0. The molecule has 0 heterocycles. The second-order valence-electron chi connectivity index (χ2n) is 4.57. The number of benzene rings is 1. The van der Waals surface area contributed by atoms with Crippen LogP contribution in [0.25, 0.3) is 0 Å². The highest BCUT2D eigenvalue weighted by atomic mass is 16.3. The minimum absolute atomic E-state index is 0.283. The predicted octanol–water partition coefficient (Wildman–Crippen LogP) is 2.49. The Morgan fingerprint density at radius 2 is 1.87 bits per heavy atom. The predicted molar refractivity (Wildman–Crippen MR) is 59.8 cm³/mol. The molecule has 0 radical (unpaired) electrons. The molecule has 0 saturated heterocycles. The Balaban J connectivity index is 2.09. The molecule has 1 aromatic carbocycles. The Morgan fingerprint density at radius 3 is 2.33 bits per heavy atom. The third-order valence-electron chi connectivity index (χ3n) is 3.40. The van der Waals surface area contributed by atoms with Crippen LogP contribution in [0.5, 0.6) is 5.75 Å². The van der Waals surface area contributed by atoms with E-state index in [-0.39, 0.29) is 5.75 Å². The number of hydrogen-bond donors (Lipinski definition) is 2. The van der Waals surface area contributed by atoms with Crippen molar-refractivity contribution in [1.82, 2.24) is 0 Å². The Morgan fingerprint density at radius 1 is 1.27 bits per heavy atom. The SMILES string of the molecule is CCC(O)(Cc1ccc(O)cc1)C1CC1. The molecule has 1 aromatic rings. The highest BCUT2D eigenvalue weighted by Gasteiger charge is 2.42. The number of phenolic OH excluding ortho intramolecular Hbond substituents is 1. The molecule has 0 spiro atoms. The lowest BCUT2D eigenvalue weighted by Gasteiger charge is -2.26. The zero-order valence-electron chi connectivity index (χ0n) is 9.11. The van der Waals surface area contributed by atoms with Gasteiger partial charge in [-0.3, -0.25) is 0 Å². The van der Waals surface area contributed by atoms with E-state index in [1.807, 2.05) is 19.1 Å². The maximum atomic E-state index is 10.4. The van der Waals surface area contributed by atoms with E-state index in [1.165, 1.54) is 0 Å². The van der Waals surface area contributed by atoms with Gasteiger partial charge >= 0.3 is 0 Å². The van der Waals surface area contributed by atoms with Gasteiger partial charge in [0.25, 0.3) is 0 Å². The molecule has 1 fully saturated rings. The van der Waals surface area contributed by atoms with Crippen LogP contribution in [-0.4, -0.2) is 15.8 Å². The van der Waals surface area contributed by atoms with Gasteiger partial charge < -0.3 is 10.2 Å². The van der Waals surface area contributed by atoms with Crippen molar-refractivity contribution in [2.75, 3.05) is 0 Å². The first kappa shape index (κ1) is 10.5. The van der Waals surface area contributed by atoms with E-state index in [0.29, 0.717) is 12.3 Å². The first-order chi connectivity index (χ1) is 7.14. The Bertz CT molecular complexity index is 327. The Kier molecular flexibility index (Phi) is 2.70. The summed E-state index contributed by atoms with van der Waals surface area (Å²) in [6.07, 6.45) is 3.82. The third-order valence-corrected chi connectivity index (χ3v) is 3.40. The summed E-state index contributed by atoms with van der Waals surface area (Å²) in [5, 5.41) is 19.6. The van der Waals surface area contributed by atoms with Crippen molar-refractivity contribution in [3.8, 4) is 5.75 Å². The van der Waals surface area contributed by atoms with Gasteiger partial charge in [-0.05, 0) is 42.9 Å². The molecule has 0 aliphatic heterocycles. The fourth-order valence-electron chi connectivity index (χ4n) is 2.15. The summed E-state index contributed by atoms with van der Waals surface area (Å²) in [5.74, 6) is 0.765. The number of phenols is 1. The molecule has 15 heavy (non-hydrogen) atoms. The molecule has 1 saturated carbocycles. The van der Waals surface area contributed by atoms with Crippen LogP contribution < -0.4 is 0 Å². The quantitative estimate of drug-likeness (QED) is 0.794. The van der Waals surface area contributed by atoms with Gasteiger partial charge in [0.2, 0.25) is 0 Å². The minimum atomic E-state index is -0.531. The molecule has 1 unspecified atom stereocenters. The molecule has 0 amide bonds. The van der Waals surface area contributed by atoms with E-state index >= 15 is 0 Å². The Hall–Kier alpha value is -1.02.